The smallest absolute Gasteiger partial charge is 0.462 e. The lowest BCUT2D eigenvalue weighted by atomic mass is 10.1. The van der Waals surface area contributed by atoms with Crippen LogP contribution in [0.3, 0.4) is 0 Å². The summed E-state index contributed by atoms with van der Waals surface area (Å²) < 4.78 is 34.6. The van der Waals surface area contributed by atoms with Crippen LogP contribution >= 0.6 is 7.82 Å². The molecule has 500 valence electrons. The first-order chi connectivity index (χ1) is 44.0. The Kier molecular flexibility index (Phi) is 63.0. The fourth-order valence-electron chi connectivity index (χ4n) is 8.03. The average Bonchev–Trinajstić information content (AvgIpc) is 3.62. The lowest BCUT2D eigenvalue weighted by Gasteiger charge is -2.24. The normalized spacial score (nSPS) is 14.6. The number of carbonyl (C=O) groups excluding carboxylic acids is 2. The second-order valence-corrected chi connectivity index (χ2v) is 24.2. The van der Waals surface area contributed by atoms with Crippen molar-refractivity contribution in [2.45, 2.75) is 213 Å². The Hall–Kier alpha value is -5.93. The summed E-state index contributed by atoms with van der Waals surface area (Å²) in [7, 11) is 1.40. The van der Waals surface area contributed by atoms with Gasteiger partial charge in [0.25, 0.3) is 0 Å². The first-order valence-electron chi connectivity index (χ1n) is 34.1. The molecule has 10 heteroatoms. The second-order valence-electron chi connectivity index (χ2n) is 22.7. The summed E-state index contributed by atoms with van der Waals surface area (Å²) in [4.78, 5) is 35.8. The summed E-state index contributed by atoms with van der Waals surface area (Å²) in [6.07, 6.45) is 110. The Morgan fingerprint density at radius 3 is 0.889 bits per heavy atom. The van der Waals surface area contributed by atoms with E-state index in [4.69, 9.17) is 18.5 Å². The SMILES string of the molecule is CC/C=C\C/C=C\C/C=C\C/C=C\C/C=C\C/C=C\C/C=C\C/C=C\C/C=C\C/C=C\C/C=C\C/C=C\CCCCCCC(=O)OC(COC(=O)CCCCC/C=C\C/C=C\C/C=C\C/C=C\C/C=C\C/C=C\C/C=C\CC)COP(=O)(O)OCC[N+](C)(C)C. The van der Waals surface area contributed by atoms with Gasteiger partial charge in [0.2, 0.25) is 0 Å². The van der Waals surface area contributed by atoms with Gasteiger partial charge in [-0.3, -0.25) is 18.6 Å². The monoisotopic (exact) mass is 1260 g/mol. The van der Waals surface area contributed by atoms with Crippen molar-refractivity contribution in [1.82, 2.24) is 0 Å². The van der Waals surface area contributed by atoms with E-state index in [1.165, 1.54) is 0 Å². The number of esters is 2. The molecule has 2 unspecified atom stereocenters. The molecule has 0 bridgehead atoms. The number of likely N-dealkylation sites (N-methyl/N-ethyl adjacent to an activating group) is 1. The van der Waals surface area contributed by atoms with Crippen LogP contribution < -0.4 is 0 Å². The van der Waals surface area contributed by atoms with E-state index in [1.54, 1.807) is 0 Å². The van der Waals surface area contributed by atoms with Crippen molar-refractivity contribution < 1.29 is 42.1 Å². The molecule has 0 heterocycles. The second kappa shape index (κ2) is 67.5. The van der Waals surface area contributed by atoms with E-state index in [-0.39, 0.29) is 26.1 Å². The van der Waals surface area contributed by atoms with Crippen molar-refractivity contribution in [3.05, 3.63) is 231 Å². The summed E-state index contributed by atoms with van der Waals surface area (Å²) in [6, 6.07) is 0. The van der Waals surface area contributed by atoms with Crippen molar-refractivity contribution in [2.24, 2.45) is 0 Å². The van der Waals surface area contributed by atoms with Crippen LogP contribution in [0.1, 0.15) is 206 Å². The summed E-state index contributed by atoms with van der Waals surface area (Å²) in [5.74, 6) is -0.887. The lowest BCUT2D eigenvalue weighted by Crippen LogP contribution is -2.37. The molecule has 90 heavy (non-hydrogen) atoms. The van der Waals surface area contributed by atoms with Crippen molar-refractivity contribution in [1.29, 1.82) is 0 Å². The molecule has 0 fully saturated rings. The van der Waals surface area contributed by atoms with Crippen LogP contribution in [0.5, 0.6) is 0 Å². The van der Waals surface area contributed by atoms with Gasteiger partial charge in [-0.15, -0.1) is 0 Å². The highest BCUT2D eigenvalue weighted by molar-refractivity contribution is 7.47. The van der Waals surface area contributed by atoms with Gasteiger partial charge in [0.05, 0.1) is 27.7 Å². The third kappa shape index (κ3) is 71.1. The molecular weight excluding hydrogens is 1130 g/mol. The highest BCUT2D eigenvalue weighted by Gasteiger charge is 2.27. The van der Waals surface area contributed by atoms with Crippen molar-refractivity contribution in [3.8, 4) is 0 Å². The Morgan fingerprint density at radius 2 is 0.600 bits per heavy atom. The Labute approximate surface area is 550 Å². The lowest BCUT2D eigenvalue weighted by molar-refractivity contribution is -0.870. The number of nitrogens with zero attached hydrogens (tertiary/aromatic N) is 1. The largest absolute Gasteiger partial charge is 0.472 e. The minimum Gasteiger partial charge on any atom is -0.462 e. The summed E-state index contributed by atoms with van der Waals surface area (Å²) in [6.45, 7) is 4.09. The van der Waals surface area contributed by atoms with E-state index in [2.05, 4.69) is 245 Å². The zero-order valence-corrected chi connectivity index (χ0v) is 57.7. The van der Waals surface area contributed by atoms with Gasteiger partial charge in [0.15, 0.2) is 6.10 Å². The fraction of sp³-hybridized carbons (Fsp3) is 0.500. The molecule has 0 saturated heterocycles. The number of carbonyl (C=O) groups is 2. The summed E-state index contributed by atoms with van der Waals surface area (Å²) in [5.41, 5.74) is 0. The van der Waals surface area contributed by atoms with Crippen LogP contribution in [0.15, 0.2) is 231 Å². The minimum absolute atomic E-state index is 0.00652. The molecule has 0 aliphatic rings. The van der Waals surface area contributed by atoms with Crippen LogP contribution in [0.4, 0.5) is 0 Å². The number of unbranched alkanes of at least 4 members (excludes halogenated alkanes) is 7. The Balaban J connectivity index is 4.28. The maximum Gasteiger partial charge on any atom is 0.472 e. The molecule has 0 spiro atoms. The van der Waals surface area contributed by atoms with Gasteiger partial charge in [-0.1, -0.05) is 264 Å². The minimum atomic E-state index is -4.43. The number of hydrogen-bond acceptors (Lipinski definition) is 7. The summed E-state index contributed by atoms with van der Waals surface area (Å²) >= 11 is 0. The van der Waals surface area contributed by atoms with E-state index in [9.17, 15) is 19.0 Å². The predicted octanol–water partition coefficient (Wildman–Crippen LogP) is 22.6. The maximum atomic E-state index is 12.9. The molecule has 1 N–H and O–H groups in total. The number of ether oxygens (including phenoxy) is 2. The van der Waals surface area contributed by atoms with Gasteiger partial charge in [0, 0.05) is 12.8 Å². The fourth-order valence-corrected chi connectivity index (χ4v) is 8.77. The van der Waals surface area contributed by atoms with Crippen LogP contribution in [-0.4, -0.2) is 74.9 Å². The van der Waals surface area contributed by atoms with Gasteiger partial charge in [-0.05, 0) is 161 Å². The average molecular weight is 1260 g/mol. The standard InChI is InChI=1S/C80H122NO8P/c1-6-8-10-12-14-16-18-20-22-24-26-28-30-32-33-34-35-36-37-38-39-40-41-42-43-44-45-46-47-49-51-53-55-57-59-61-63-65-67-69-71-73-80(83)89-78(77-88-90(84,85)87-75-74-81(3,4)5)76-86-79(82)72-70-68-66-64-62-60-58-56-54-52-50-48-31-29-27-25-23-21-19-17-15-13-11-9-7-2/h8-11,14-17,20-23,26-29,32-33,35-36,38-39,41-42,44-45,47-50,53-56,59-62,78H,6-7,12-13,18-19,24-25,30-31,34,37,40,43,46,51-52,57-58,63-77H2,1-5H3/p+1/b10-8-,11-9-,16-14-,17-15-,22-20-,23-21-,28-26-,29-27-,33-32-,36-35-,39-38-,42-41-,45-44-,49-47-,50-48-,55-53-,56-54-,61-59-,62-60-. The molecule has 0 rings (SSSR count). The molecule has 0 aliphatic heterocycles. The molecule has 0 aliphatic carbocycles. The van der Waals surface area contributed by atoms with Crippen LogP contribution in [0.2, 0.25) is 0 Å². The Morgan fingerprint density at radius 1 is 0.344 bits per heavy atom. The number of phosphoric ester groups is 1. The van der Waals surface area contributed by atoms with Gasteiger partial charge < -0.3 is 18.9 Å². The van der Waals surface area contributed by atoms with E-state index in [0.29, 0.717) is 23.9 Å². The molecule has 0 radical (unpaired) electrons. The van der Waals surface area contributed by atoms with Crippen LogP contribution in [0, 0.1) is 0 Å². The molecule has 0 aromatic rings. The highest BCUT2D eigenvalue weighted by atomic mass is 31.2. The molecule has 0 aromatic heterocycles. The third-order valence-electron chi connectivity index (χ3n) is 13.2. The van der Waals surface area contributed by atoms with E-state index in [1.807, 2.05) is 21.1 Å². The third-order valence-corrected chi connectivity index (χ3v) is 14.2. The molecule has 2 atom stereocenters. The van der Waals surface area contributed by atoms with E-state index < -0.39 is 32.5 Å². The molecular formula is C80H123NO8P+. The van der Waals surface area contributed by atoms with E-state index in [0.717, 1.165) is 167 Å². The van der Waals surface area contributed by atoms with E-state index >= 15 is 0 Å². The van der Waals surface area contributed by atoms with Crippen molar-refractivity contribution >= 4 is 19.8 Å². The number of hydrogen-bond donors (Lipinski definition) is 1. The van der Waals surface area contributed by atoms with Crippen molar-refractivity contribution in [2.75, 3.05) is 47.5 Å². The van der Waals surface area contributed by atoms with Gasteiger partial charge >= 0.3 is 19.8 Å². The van der Waals surface area contributed by atoms with Crippen molar-refractivity contribution in [3.63, 3.8) is 0 Å². The number of allylic oxidation sites excluding steroid dienone is 38. The zero-order valence-electron chi connectivity index (χ0n) is 56.8. The number of quaternary nitrogens is 1. The maximum absolute atomic E-state index is 12.9. The molecule has 0 saturated carbocycles. The molecule has 0 amide bonds. The number of phosphoric acid groups is 1. The Bertz CT molecular complexity index is 2370. The molecule has 9 nitrogen and oxygen atoms in total. The van der Waals surface area contributed by atoms with Gasteiger partial charge in [0.1, 0.15) is 19.8 Å². The van der Waals surface area contributed by atoms with Gasteiger partial charge in [-0.25, -0.2) is 4.57 Å². The topological polar surface area (TPSA) is 108 Å². The van der Waals surface area contributed by atoms with Gasteiger partial charge in [-0.2, -0.15) is 0 Å². The number of rotatable bonds is 59. The van der Waals surface area contributed by atoms with Crippen LogP contribution in [-0.2, 0) is 32.7 Å². The molecule has 0 aromatic carbocycles. The quantitative estimate of drug-likeness (QED) is 0.0211. The van der Waals surface area contributed by atoms with Crippen LogP contribution in [0.25, 0.3) is 0 Å². The predicted molar refractivity (Wildman–Crippen MR) is 389 cm³/mol. The first kappa shape index (κ1) is 84.1. The first-order valence-corrected chi connectivity index (χ1v) is 35.6. The highest BCUT2D eigenvalue weighted by Crippen LogP contribution is 2.43. The zero-order chi connectivity index (χ0) is 65.5. The summed E-state index contributed by atoms with van der Waals surface area (Å²) in [5, 5.41) is 0.